The van der Waals surface area contributed by atoms with Gasteiger partial charge < -0.3 is 15.2 Å². The first-order chi connectivity index (χ1) is 8.40. The number of nitrogens with zero attached hydrogens (tertiary/aromatic N) is 3. The molecule has 90 valence electrons. The highest BCUT2D eigenvalue weighted by Crippen LogP contribution is 2.28. The van der Waals surface area contributed by atoms with E-state index in [2.05, 4.69) is 31.2 Å². The molecule has 1 fully saturated rings. The van der Waals surface area contributed by atoms with Crippen molar-refractivity contribution < 1.29 is 0 Å². The molecule has 5 nitrogen and oxygen atoms in total. The molecule has 1 unspecified atom stereocenters. The van der Waals surface area contributed by atoms with Crippen molar-refractivity contribution in [3.8, 4) is 0 Å². The number of nitrogens with one attached hydrogen (secondary N) is 2. The molecular weight excluding hydrogens is 214 g/mol. The number of anilines is 1. The second-order valence-electron chi connectivity index (χ2n) is 4.48. The van der Waals surface area contributed by atoms with Crippen LogP contribution in [0, 0.1) is 0 Å². The van der Waals surface area contributed by atoms with Crippen molar-refractivity contribution in [2.75, 3.05) is 25.0 Å². The van der Waals surface area contributed by atoms with Gasteiger partial charge in [-0.15, -0.1) is 0 Å². The van der Waals surface area contributed by atoms with E-state index >= 15 is 0 Å². The SMILES string of the molecule is CNCC1CCCN1c1ncnc2[nH]ccc12. The fraction of sp³-hybridized carbons (Fsp3) is 0.500. The summed E-state index contributed by atoms with van der Waals surface area (Å²) in [6.45, 7) is 2.10. The third-order valence-electron chi connectivity index (χ3n) is 3.42. The molecule has 1 atom stereocenters. The van der Waals surface area contributed by atoms with Crippen LogP contribution in [0.3, 0.4) is 0 Å². The van der Waals surface area contributed by atoms with Gasteiger partial charge in [0, 0.05) is 25.3 Å². The molecule has 0 aliphatic carbocycles. The molecule has 5 heteroatoms. The minimum atomic E-state index is 0.549. The van der Waals surface area contributed by atoms with Crippen LogP contribution in [-0.4, -0.2) is 41.1 Å². The zero-order chi connectivity index (χ0) is 11.7. The van der Waals surface area contributed by atoms with Crippen molar-refractivity contribution in [1.29, 1.82) is 0 Å². The zero-order valence-corrected chi connectivity index (χ0v) is 9.98. The van der Waals surface area contributed by atoms with Crippen LogP contribution in [0.2, 0.25) is 0 Å². The summed E-state index contributed by atoms with van der Waals surface area (Å²) in [5.74, 6) is 1.06. The number of aromatic nitrogens is 3. The van der Waals surface area contributed by atoms with E-state index < -0.39 is 0 Å². The van der Waals surface area contributed by atoms with Gasteiger partial charge in [0.15, 0.2) is 0 Å². The molecule has 0 amide bonds. The van der Waals surface area contributed by atoms with Crippen LogP contribution >= 0.6 is 0 Å². The number of fused-ring (bicyclic) bond motifs is 1. The molecule has 3 heterocycles. The van der Waals surface area contributed by atoms with Crippen LogP contribution in [-0.2, 0) is 0 Å². The van der Waals surface area contributed by atoms with E-state index in [0.717, 1.165) is 29.9 Å². The smallest absolute Gasteiger partial charge is 0.142 e. The molecule has 0 bridgehead atoms. The molecule has 2 aromatic heterocycles. The van der Waals surface area contributed by atoms with Crippen LogP contribution in [0.25, 0.3) is 11.0 Å². The van der Waals surface area contributed by atoms with E-state index in [1.807, 2.05) is 13.2 Å². The summed E-state index contributed by atoms with van der Waals surface area (Å²) < 4.78 is 0. The molecule has 3 rings (SSSR count). The molecular formula is C12H17N5. The van der Waals surface area contributed by atoms with Gasteiger partial charge >= 0.3 is 0 Å². The summed E-state index contributed by atoms with van der Waals surface area (Å²) in [6.07, 6.45) is 6.04. The topological polar surface area (TPSA) is 56.8 Å². The highest BCUT2D eigenvalue weighted by molar-refractivity contribution is 5.87. The second-order valence-corrected chi connectivity index (χ2v) is 4.48. The Kier molecular flexibility index (Phi) is 2.68. The van der Waals surface area contributed by atoms with E-state index in [0.29, 0.717) is 6.04 Å². The van der Waals surface area contributed by atoms with Crippen molar-refractivity contribution in [1.82, 2.24) is 20.3 Å². The predicted molar refractivity (Wildman–Crippen MR) is 68.2 cm³/mol. The highest BCUT2D eigenvalue weighted by Gasteiger charge is 2.26. The fourth-order valence-corrected chi connectivity index (χ4v) is 2.65. The maximum absolute atomic E-state index is 4.46. The van der Waals surface area contributed by atoms with Crippen LogP contribution in [0.15, 0.2) is 18.6 Å². The minimum Gasteiger partial charge on any atom is -0.352 e. The summed E-state index contributed by atoms with van der Waals surface area (Å²) in [7, 11) is 2.00. The van der Waals surface area contributed by atoms with Gasteiger partial charge in [-0.3, -0.25) is 0 Å². The number of H-pyrrole nitrogens is 1. The Morgan fingerprint density at radius 1 is 1.53 bits per heavy atom. The number of hydrogen-bond acceptors (Lipinski definition) is 4. The van der Waals surface area contributed by atoms with Crippen molar-refractivity contribution in [3.63, 3.8) is 0 Å². The molecule has 0 saturated carbocycles. The van der Waals surface area contributed by atoms with E-state index in [1.54, 1.807) is 6.33 Å². The summed E-state index contributed by atoms with van der Waals surface area (Å²) >= 11 is 0. The minimum absolute atomic E-state index is 0.549. The van der Waals surface area contributed by atoms with Gasteiger partial charge in [-0.05, 0) is 26.0 Å². The molecule has 0 aromatic carbocycles. The Bertz CT molecular complexity index is 506. The van der Waals surface area contributed by atoms with Gasteiger partial charge in [-0.1, -0.05) is 0 Å². The van der Waals surface area contributed by atoms with Crippen molar-refractivity contribution in [3.05, 3.63) is 18.6 Å². The monoisotopic (exact) mass is 231 g/mol. The largest absolute Gasteiger partial charge is 0.352 e. The summed E-state index contributed by atoms with van der Waals surface area (Å²) in [4.78, 5) is 14.2. The van der Waals surface area contributed by atoms with Gasteiger partial charge in [0.1, 0.15) is 17.8 Å². The van der Waals surface area contributed by atoms with Crippen LogP contribution in [0.5, 0.6) is 0 Å². The normalized spacial score (nSPS) is 20.3. The number of aromatic amines is 1. The van der Waals surface area contributed by atoms with Crippen molar-refractivity contribution >= 4 is 16.9 Å². The molecule has 0 radical (unpaired) electrons. The lowest BCUT2D eigenvalue weighted by atomic mass is 10.2. The second kappa shape index (κ2) is 4.33. The van der Waals surface area contributed by atoms with E-state index in [4.69, 9.17) is 0 Å². The van der Waals surface area contributed by atoms with Crippen molar-refractivity contribution in [2.24, 2.45) is 0 Å². The number of likely N-dealkylation sites (N-methyl/N-ethyl adjacent to an activating group) is 1. The highest BCUT2D eigenvalue weighted by atomic mass is 15.2. The fourth-order valence-electron chi connectivity index (χ4n) is 2.65. The Balaban J connectivity index is 1.99. The molecule has 17 heavy (non-hydrogen) atoms. The third-order valence-corrected chi connectivity index (χ3v) is 3.42. The van der Waals surface area contributed by atoms with Gasteiger partial charge in [0.2, 0.25) is 0 Å². The Morgan fingerprint density at radius 3 is 3.35 bits per heavy atom. The predicted octanol–water partition coefficient (Wildman–Crippen LogP) is 1.15. The molecule has 2 N–H and O–H groups in total. The maximum atomic E-state index is 4.46. The first kappa shape index (κ1) is 10.5. The summed E-state index contributed by atoms with van der Waals surface area (Å²) in [5, 5.41) is 4.38. The average molecular weight is 231 g/mol. The molecule has 0 spiro atoms. The first-order valence-corrected chi connectivity index (χ1v) is 6.09. The van der Waals surface area contributed by atoms with Crippen LogP contribution in [0.1, 0.15) is 12.8 Å². The van der Waals surface area contributed by atoms with E-state index in [1.165, 1.54) is 12.8 Å². The lowest BCUT2D eigenvalue weighted by Gasteiger charge is -2.25. The lowest BCUT2D eigenvalue weighted by molar-refractivity contribution is 0.613. The van der Waals surface area contributed by atoms with E-state index in [-0.39, 0.29) is 0 Å². The molecule has 1 aliphatic heterocycles. The Morgan fingerprint density at radius 2 is 2.47 bits per heavy atom. The number of hydrogen-bond donors (Lipinski definition) is 2. The molecule has 1 saturated heterocycles. The quantitative estimate of drug-likeness (QED) is 0.832. The standard InChI is InChI=1S/C12H17N5/c1-13-7-9-3-2-6-17(9)12-10-4-5-14-11(10)15-8-16-12/h4-5,8-9,13H,2-3,6-7H2,1H3,(H,14,15,16). The Hall–Kier alpha value is -1.62. The van der Waals surface area contributed by atoms with Crippen LogP contribution < -0.4 is 10.2 Å². The summed E-state index contributed by atoms with van der Waals surface area (Å²) in [6, 6.07) is 2.60. The van der Waals surface area contributed by atoms with Gasteiger partial charge in [0.05, 0.1) is 5.39 Å². The maximum Gasteiger partial charge on any atom is 0.142 e. The average Bonchev–Trinajstić information content (AvgIpc) is 2.96. The number of rotatable bonds is 3. The lowest BCUT2D eigenvalue weighted by Crippen LogP contribution is -2.37. The Labute approximate surface area is 100 Å². The van der Waals surface area contributed by atoms with Crippen molar-refractivity contribution in [2.45, 2.75) is 18.9 Å². The van der Waals surface area contributed by atoms with Gasteiger partial charge in [-0.2, -0.15) is 0 Å². The molecule has 1 aliphatic rings. The van der Waals surface area contributed by atoms with E-state index in [9.17, 15) is 0 Å². The first-order valence-electron chi connectivity index (χ1n) is 6.09. The molecule has 2 aromatic rings. The van der Waals surface area contributed by atoms with Gasteiger partial charge in [-0.25, -0.2) is 9.97 Å². The van der Waals surface area contributed by atoms with Crippen LogP contribution in [0.4, 0.5) is 5.82 Å². The zero-order valence-electron chi connectivity index (χ0n) is 9.98. The third kappa shape index (κ3) is 1.76. The summed E-state index contributed by atoms with van der Waals surface area (Å²) in [5.41, 5.74) is 0.921. The van der Waals surface area contributed by atoms with Gasteiger partial charge in [0.25, 0.3) is 0 Å².